The number of fused-ring (bicyclic) bond motifs is 1. The van der Waals surface area contributed by atoms with Gasteiger partial charge in [-0.2, -0.15) is 0 Å². The second-order valence-corrected chi connectivity index (χ2v) is 6.92. The van der Waals surface area contributed by atoms with E-state index < -0.39 is 0 Å². The van der Waals surface area contributed by atoms with Crippen molar-refractivity contribution in [1.29, 1.82) is 0 Å². The number of ether oxygens (including phenoxy) is 1. The summed E-state index contributed by atoms with van der Waals surface area (Å²) in [5.41, 5.74) is 1.05. The van der Waals surface area contributed by atoms with Crippen molar-refractivity contribution in [3.05, 3.63) is 35.6 Å². The van der Waals surface area contributed by atoms with Crippen LogP contribution >= 0.6 is 0 Å². The number of nitrogens with zero attached hydrogens (tertiary/aromatic N) is 2. The zero-order chi connectivity index (χ0) is 16.5. The molecule has 1 amide bonds. The Morgan fingerprint density at radius 1 is 1.21 bits per heavy atom. The van der Waals surface area contributed by atoms with E-state index in [1.54, 1.807) is 17.2 Å². The maximum atomic E-state index is 13.1. The number of carbonyl (C=O) groups is 1. The number of piperidine rings is 1. The third-order valence-corrected chi connectivity index (χ3v) is 5.31. The van der Waals surface area contributed by atoms with Crippen molar-refractivity contribution in [3.8, 4) is 0 Å². The fourth-order valence-corrected chi connectivity index (χ4v) is 4.10. The lowest BCUT2D eigenvalue weighted by Crippen LogP contribution is -2.52. The van der Waals surface area contributed by atoms with E-state index in [0.717, 1.165) is 31.6 Å². The van der Waals surface area contributed by atoms with E-state index in [9.17, 15) is 9.18 Å². The van der Waals surface area contributed by atoms with Crippen LogP contribution in [-0.2, 0) is 20.9 Å². The lowest BCUT2D eigenvalue weighted by atomic mass is 9.82. The molecule has 0 N–H and O–H groups in total. The molecule has 3 atom stereocenters. The van der Waals surface area contributed by atoms with Crippen LogP contribution < -0.4 is 0 Å². The zero-order valence-electron chi connectivity index (χ0n) is 13.7. The van der Waals surface area contributed by atoms with Crippen LogP contribution in [0.15, 0.2) is 24.3 Å². The lowest BCUT2D eigenvalue weighted by molar-refractivity contribution is -0.179. The number of benzene rings is 1. The number of rotatable bonds is 3. The molecule has 0 aromatic heterocycles. The number of hydrogen-bond acceptors (Lipinski definition) is 4. The summed E-state index contributed by atoms with van der Waals surface area (Å²) >= 11 is 0. The van der Waals surface area contributed by atoms with Gasteiger partial charge in [-0.3, -0.25) is 14.5 Å². The van der Waals surface area contributed by atoms with E-state index in [0.29, 0.717) is 26.2 Å². The first-order valence-corrected chi connectivity index (χ1v) is 8.73. The normalized spacial score (nSPS) is 30.5. The highest BCUT2D eigenvalue weighted by atomic mass is 19.1. The Balaban J connectivity index is 1.48. The zero-order valence-corrected chi connectivity index (χ0v) is 13.7. The van der Waals surface area contributed by atoms with E-state index in [1.165, 1.54) is 12.1 Å². The summed E-state index contributed by atoms with van der Waals surface area (Å²) < 4.78 is 19.0. The monoisotopic (exact) mass is 334 g/mol. The van der Waals surface area contributed by atoms with E-state index in [2.05, 4.69) is 4.90 Å². The molecule has 0 spiro atoms. The van der Waals surface area contributed by atoms with Crippen molar-refractivity contribution >= 4 is 5.91 Å². The van der Waals surface area contributed by atoms with Gasteiger partial charge in [-0.25, -0.2) is 9.45 Å². The highest BCUT2D eigenvalue weighted by molar-refractivity contribution is 5.79. The quantitative estimate of drug-likeness (QED) is 0.846. The molecular formula is C18H23FN2O3. The summed E-state index contributed by atoms with van der Waals surface area (Å²) in [6.45, 7) is 4.28. The Bertz CT molecular complexity index is 588. The SMILES string of the molecule is O=C([C@@H]1CN(Cc2ccc(F)cc2)C[C@@H]2OCC[C@@H]21)N1CCCO1. The minimum Gasteiger partial charge on any atom is -0.377 e. The van der Waals surface area contributed by atoms with Crippen molar-refractivity contribution in [2.75, 3.05) is 32.8 Å². The Labute approximate surface area is 141 Å². The van der Waals surface area contributed by atoms with Crippen LogP contribution in [0.25, 0.3) is 0 Å². The number of hydroxylamine groups is 2. The van der Waals surface area contributed by atoms with Crippen LogP contribution in [0, 0.1) is 17.7 Å². The average Bonchev–Trinajstić information content (AvgIpc) is 3.27. The highest BCUT2D eigenvalue weighted by Crippen LogP contribution is 2.35. The first kappa shape index (κ1) is 16.0. The molecular weight excluding hydrogens is 311 g/mol. The summed E-state index contributed by atoms with van der Waals surface area (Å²) in [6, 6.07) is 6.57. The first-order chi connectivity index (χ1) is 11.7. The van der Waals surface area contributed by atoms with Gasteiger partial charge >= 0.3 is 0 Å². The molecule has 24 heavy (non-hydrogen) atoms. The average molecular weight is 334 g/mol. The highest BCUT2D eigenvalue weighted by Gasteiger charge is 2.45. The maximum Gasteiger partial charge on any atom is 0.250 e. The number of amides is 1. The van der Waals surface area contributed by atoms with Crippen molar-refractivity contribution in [2.24, 2.45) is 11.8 Å². The summed E-state index contributed by atoms with van der Waals surface area (Å²) in [4.78, 5) is 20.6. The van der Waals surface area contributed by atoms with Crippen LogP contribution in [0.5, 0.6) is 0 Å². The number of hydrogen-bond donors (Lipinski definition) is 0. The molecule has 0 radical (unpaired) electrons. The van der Waals surface area contributed by atoms with E-state index in [-0.39, 0.29) is 29.7 Å². The van der Waals surface area contributed by atoms with Crippen molar-refractivity contribution in [3.63, 3.8) is 0 Å². The Hall–Kier alpha value is -1.50. The molecule has 0 aliphatic carbocycles. The minimum absolute atomic E-state index is 0.0789. The van der Waals surface area contributed by atoms with E-state index in [4.69, 9.17) is 9.57 Å². The topological polar surface area (TPSA) is 42.0 Å². The standard InChI is InChI=1S/C18H23FN2O3/c19-14-4-2-13(3-5-14)10-20-11-16(15-6-9-23-17(15)12-20)18(22)21-7-1-8-24-21/h2-5,15-17H,1,6-12H2/t15-,16-,17+/m1/s1. The predicted octanol–water partition coefficient (Wildman–Crippen LogP) is 1.83. The van der Waals surface area contributed by atoms with Gasteiger partial charge in [0.2, 0.25) is 0 Å². The van der Waals surface area contributed by atoms with Crippen LogP contribution in [0.1, 0.15) is 18.4 Å². The van der Waals surface area contributed by atoms with Crippen LogP contribution in [0.4, 0.5) is 4.39 Å². The van der Waals surface area contributed by atoms with Crippen LogP contribution in [0.3, 0.4) is 0 Å². The molecule has 5 nitrogen and oxygen atoms in total. The van der Waals surface area contributed by atoms with E-state index >= 15 is 0 Å². The second kappa shape index (κ2) is 6.78. The van der Waals surface area contributed by atoms with Gasteiger partial charge in [-0.05, 0) is 30.5 Å². The fourth-order valence-electron chi connectivity index (χ4n) is 4.10. The van der Waals surface area contributed by atoms with Crippen LogP contribution in [0.2, 0.25) is 0 Å². The summed E-state index contributed by atoms with van der Waals surface area (Å²) in [5.74, 6) is 0.0728. The minimum atomic E-state index is -0.226. The molecule has 3 heterocycles. The van der Waals surface area contributed by atoms with Gasteiger partial charge in [-0.15, -0.1) is 0 Å². The molecule has 3 aliphatic rings. The molecule has 4 rings (SSSR count). The third kappa shape index (κ3) is 3.18. The molecule has 0 saturated carbocycles. The van der Waals surface area contributed by atoms with Gasteiger partial charge in [0, 0.05) is 32.2 Å². The molecule has 3 fully saturated rings. The summed E-state index contributed by atoms with van der Waals surface area (Å²) in [5, 5.41) is 1.54. The smallest absolute Gasteiger partial charge is 0.250 e. The molecule has 1 aromatic rings. The largest absolute Gasteiger partial charge is 0.377 e. The Morgan fingerprint density at radius 2 is 2.04 bits per heavy atom. The molecule has 3 saturated heterocycles. The van der Waals surface area contributed by atoms with Gasteiger partial charge in [-0.1, -0.05) is 12.1 Å². The predicted molar refractivity (Wildman–Crippen MR) is 85.3 cm³/mol. The maximum absolute atomic E-state index is 13.1. The Morgan fingerprint density at radius 3 is 2.79 bits per heavy atom. The number of halogens is 1. The third-order valence-electron chi connectivity index (χ3n) is 5.31. The molecule has 0 unspecified atom stereocenters. The van der Waals surface area contributed by atoms with Gasteiger partial charge in [0.05, 0.1) is 25.2 Å². The summed E-state index contributed by atoms with van der Waals surface area (Å²) in [7, 11) is 0. The van der Waals surface area contributed by atoms with Crippen molar-refractivity contribution in [1.82, 2.24) is 9.96 Å². The van der Waals surface area contributed by atoms with Gasteiger partial charge < -0.3 is 4.74 Å². The van der Waals surface area contributed by atoms with Gasteiger partial charge in [0.15, 0.2) is 0 Å². The fraction of sp³-hybridized carbons (Fsp3) is 0.611. The molecule has 130 valence electrons. The van der Waals surface area contributed by atoms with Gasteiger partial charge in [0.1, 0.15) is 5.82 Å². The lowest BCUT2D eigenvalue weighted by Gasteiger charge is -2.40. The number of carbonyl (C=O) groups excluding carboxylic acids is 1. The molecule has 3 aliphatic heterocycles. The first-order valence-electron chi connectivity index (χ1n) is 8.73. The second-order valence-electron chi connectivity index (χ2n) is 6.92. The van der Waals surface area contributed by atoms with Crippen molar-refractivity contribution < 1.29 is 18.8 Å². The number of likely N-dealkylation sites (tertiary alicyclic amines) is 1. The molecule has 1 aromatic carbocycles. The van der Waals surface area contributed by atoms with Crippen LogP contribution in [-0.4, -0.2) is 54.8 Å². The van der Waals surface area contributed by atoms with Gasteiger partial charge in [0.25, 0.3) is 5.91 Å². The Kier molecular flexibility index (Phi) is 4.52. The molecule has 6 heteroatoms. The van der Waals surface area contributed by atoms with Crippen molar-refractivity contribution in [2.45, 2.75) is 25.5 Å². The summed E-state index contributed by atoms with van der Waals surface area (Å²) in [6.07, 6.45) is 1.96. The molecule has 0 bridgehead atoms. The van der Waals surface area contributed by atoms with E-state index in [1.807, 2.05) is 0 Å².